The SMILES string of the molecule is CN1CC(=O)N(c2ccccc2)CC(C(=O)O)C1. The van der Waals surface area contributed by atoms with Gasteiger partial charge in [-0.1, -0.05) is 18.2 Å². The molecule has 0 aromatic heterocycles. The summed E-state index contributed by atoms with van der Waals surface area (Å²) >= 11 is 0. The maximum absolute atomic E-state index is 12.1. The molecule has 18 heavy (non-hydrogen) atoms. The van der Waals surface area contributed by atoms with Crippen molar-refractivity contribution in [3.8, 4) is 0 Å². The molecule has 0 spiro atoms. The number of likely N-dealkylation sites (N-methyl/N-ethyl adjacent to an activating group) is 1. The maximum Gasteiger partial charge on any atom is 0.309 e. The van der Waals surface area contributed by atoms with Crippen LogP contribution in [0, 0.1) is 5.92 Å². The summed E-state index contributed by atoms with van der Waals surface area (Å²) < 4.78 is 0. The number of carboxylic acids is 1. The number of anilines is 1. The van der Waals surface area contributed by atoms with Gasteiger partial charge in [-0.3, -0.25) is 14.5 Å². The first-order valence-electron chi connectivity index (χ1n) is 5.84. The normalized spacial score (nSPS) is 21.7. The fourth-order valence-corrected chi connectivity index (χ4v) is 2.15. The fraction of sp³-hybridized carbons (Fsp3) is 0.385. The molecule has 1 saturated heterocycles. The van der Waals surface area contributed by atoms with Gasteiger partial charge in [0.1, 0.15) is 0 Å². The van der Waals surface area contributed by atoms with Crippen LogP contribution in [0.1, 0.15) is 0 Å². The Labute approximate surface area is 106 Å². The lowest BCUT2D eigenvalue weighted by Gasteiger charge is -2.22. The first kappa shape index (κ1) is 12.6. The Morgan fingerprint density at radius 3 is 2.56 bits per heavy atom. The number of carboxylic acid groups (broad SMARTS) is 1. The van der Waals surface area contributed by atoms with Crippen molar-refractivity contribution in [3.05, 3.63) is 30.3 Å². The molecule has 0 bridgehead atoms. The van der Waals surface area contributed by atoms with Crippen LogP contribution in [0.15, 0.2) is 30.3 Å². The molecule has 0 saturated carbocycles. The molecule has 1 amide bonds. The van der Waals surface area contributed by atoms with E-state index in [1.165, 1.54) is 0 Å². The Balaban J connectivity index is 2.27. The van der Waals surface area contributed by atoms with Crippen LogP contribution in [-0.4, -0.2) is 48.6 Å². The highest BCUT2D eigenvalue weighted by atomic mass is 16.4. The molecule has 1 atom stereocenters. The van der Waals surface area contributed by atoms with Crippen LogP contribution in [0.3, 0.4) is 0 Å². The topological polar surface area (TPSA) is 60.9 Å². The highest BCUT2D eigenvalue weighted by Crippen LogP contribution is 2.18. The van der Waals surface area contributed by atoms with Crippen molar-refractivity contribution in [2.24, 2.45) is 5.92 Å². The number of carbonyl (C=O) groups excluding carboxylic acids is 1. The van der Waals surface area contributed by atoms with Gasteiger partial charge in [0.15, 0.2) is 0 Å². The van der Waals surface area contributed by atoms with Crippen LogP contribution in [0.5, 0.6) is 0 Å². The molecule has 1 aromatic carbocycles. The quantitative estimate of drug-likeness (QED) is 0.835. The van der Waals surface area contributed by atoms with E-state index >= 15 is 0 Å². The zero-order valence-electron chi connectivity index (χ0n) is 10.2. The van der Waals surface area contributed by atoms with Crippen molar-refractivity contribution >= 4 is 17.6 Å². The van der Waals surface area contributed by atoms with E-state index in [1.54, 1.807) is 16.8 Å². The average Bonchev–Trinajstić information content (AvgIpc) is 2.49. The van der Waals surface area contributed by atoms with E-state index in [2.05, 4.69) is 0 Å². The molecule has 1 heterocycles. The molecule has 5 heteroatoms. The minimum Gasteiger partial charge on any atom is -0.481 e. The van der Waals surface area contributed by atoms with Crippen molar-refractivity contribution in [2.75, 3.05) is 31.6 Å². The van der Waals surface area contributed by atoms with Gasteiger partial charge in [-0.05, 0) is 19.2 Å². The van der Waals surface area contributed by atoms with Gasteiger partial charge in [0, 0.05) is 18.8 Å². The fourth-order valence-electron chi connectivity index (χ4n) is 2.15. The molecular formula is C13H16N2O3. The highest BCUT2D eigenvalue weighted by Gasteiger charge is 2.30. The van der Waals surface area contributed by atoms with Gasteiger partial charge in [0.05, 0.1) is 12.5 Å². The predicted molar refractivity (Wildman–Crippen MR) is 67.4 cm³/mol. The summed E-state index contributed by atoms with van der Waals surface area (Å²) in [6, 6.07) is 9.19. The summed E-state index contributed by atoms with van der Waals surface area (Å²) in [5.74, 6) is -1.48. The Hall–Kier alpha value is -1.88. The van der Waals surface area contributed by atoms with Crippen LogP contribution in [0.25, 0.3) is 0 Å². The smallest absolute Gasteiger partial charge is 0.309 e. The van der Waals surface area contributed by atoms with E-state index in [4.69, 9.17) is 5.11 Å². The number of carbonyl (C=O) groups is 2. The Morgan fingerprint density at radius 1 is 1.28 bits per heavy atom. The van der Waals surface area contributed by atoms with E-state index in [1.807, 2.05) is 30.3 Å². The number of hydrogen-bond donors (Lipinski definition) is 1. The van der Waals surface area contributed by atoms with Crippen molar-refractivity contribution in [3.63, 3.8) is 0 Å². The molecule has 1 aliphatic heterocycles. The van der Waals surface area contributed by atoms with Gasteiger partial charge in [-0.25, -0.2) is 0 Å². The molecule has 1 fully saturated rings. The van der Waals surface area contributed by atoms with Crippen molar-refractivity contribution in [1.82, 2.24) is 4.90 Å². The molecule has 96 valence electrons. The van der Waals surface area contributed by atoms with Crippen LogP contribution in [-0.2, 0) is 9.59 Å². The largest absolute Gasteiger partial charge is 0.481 e. The molecule has 0 aliphatic carbocycles. The van der Waals surface area contributed by atoms with E-state index in [0.717, 1.165) is 5.69 Å². The second-order valence-corrected chi connectivity index (χ2v) is 4.57. The van der Waals surface area contributed by atoms with Gasteiger partial charge in [-0.2, -0.15) is 0 Å². The molecular weight excluding hydrogens is 232 g/mol. The number of hydrogen-bond acceptors (Lipinski definition) is 3. The van der Waals surface area contributed by atoms with Crippen LogP contribution >= 0.6 is 0 Å². The summed E-state index contributed by atoms with van der Waals surface area (Å²) in [5, 5.41) is 9.17. The predicted octanol–water partition coefficient (Wildman–Crippen LogP) is 0.666. The van der Waals surface area contributed by atoms with Crippen LogP contribution in [0.4, 0.5) is 5.69 Å². The molecule has 1 aliphatic rings. The molecule has 5 nitrogen and oxygen atoms in total. The third kappa shape index (κ3) is 2.68. The standard InChI is InChI=1S/C13H16N2O3/c1-14-7-10(13(17)18)8-15(12(16)9-14)11-5-3-2-4-6-11/h2-6,10H,7-9H2,1H3,(H,17,18). The number of aliphatic carboxylic acids is 1. The molecule has 2 rings (SSSR count). The zero-order valence-corrected chi connectivity index (χ0v) is 10.2. The summed E-state index contributed by atoms with van der Waals surface area (Å²) in [6.45, 7) is 0.867. The van der Waals surface area contributed by atoms with Gasteiger partial charge in [0.2, 0.25) is 5.91 Å². The van der Waals surface area contributed by atoms with Crippen molar-refractivity contribution in [1.29, 1.82) is 0 Å². The zero-order chi connectivity index (χ0) is 13.1. The van der Waals surface area contributed by atoms with Gasteiger partial charge < -0.3 is 10.0 Å². The van der Waals surface area contributed by atoms with Gasteiger partial charge in [0.25, 0.3) is 0 Å². The summed E-state index contributed by atoms with van der Waals surface area (Å²) in [6.07, 6.45) is 0. The first-order chi connectivity index (χ1) is 8.58. The molecule has 0 radical (unpaired) electrons. The molecule has 1 N–H and O–H groups in total. The average molecular weight is 248 g/mol. The van der Waals surface area contributed by atoms with E-state index in [9.17, 15) is 9.59 Å². The minimum absolute atomic E-state index is 0.0625. The first-order valence-corrected chi connectivity index (χ1v) is 5.84. The number of benzene rings is 1. The summed E-state index contributed by atoms with van der Waals surface area (Å²) in [4.78, 5) is 26.6. The lowest BCUT2D eigenvalue weighted by molar-refractivity contribution is -0.141. The van der Waals surface area contributed by atoms with Crippen molar-refractivity contribution < 1.29 is 14.7 Å². The van der Waals surface area contributed by atoms with Gasteiger partial charge in [-0.15, -0.1) is 0 Å². The highest BCUT2D eigenvalue weighted by molar-refractivity contribution is 5.95. The Morgan fingerprint density at radius 2 is 1.94 bits per heavy atom. The summed E-state index contributed by atoms with van der Waals surface area (Å²) in [7, 11) is 1.77. The third-order valence-corrected chi connectivity index (χ3v) is 3.06. The van der Waals surface area contributed by atoms with E-state index in [0.29, 0.717) is 6.54 Å². The van der Waals surface area contributed by atoms with E-state index < -0.39 is 11.9 Å². The van der Waals surface area contributed by atoms with E-state index in [-0.39, 0.29) is 19.0 Å². The number of amides is 1. The second kappa shape index (κ2) is 5.18. The Bertz CT molecular complexity index is 447. The van der Waals surface area contributed by atoms with Crippen LogP contribution in [0.2, 0.25) is 0 Å². The molecule has 1 unspecified atom stereocenters. The lowest BCUT2D eigenvalue weighted by Crippen LogP contribution is -2.37. The number of nitrogens with zero attached hydrogens (tertiary/aromatic N) is 2. The van der Waals surface area contributed by atoms with Gasteiger partial charge >= 0.3 is 5.97 Å². The minimum atomic E-state index is -0.863. The Kier molecular flexibility index (Phi) is 3.62. The third-order valence-electron chi connectivity index (χ3n) is 3.06. The number of para-hydroxylation sites is 1. The molecule has 1 aromatic rings. The van der Waals surface area contributed by atoms with Crippen molar-refractivity contribution in [2.45, 2.75) is 0 Å². The maximum atomic E-state index is 12.1. The monoisotopic (exact) mass is 248 g/mol. The second-order valence-electron chi connectivity index (χ2n) is 4.57. The van der Waals surface area contributed by atoms with Crippen LogP contribution < -0.4 is 4.90 Å². The lowest BCUT2D eigenvalue weighted by atomic mass is 10.1. The number of rotatable bonds is 2. The summed E-state index contributed by atoms with van der Waals surface area (Å²) in [5.41, 5.74) is 0.754.